The van der Waals surface area contributed by atoms with Gasteiger partial charge < -0.3 is 24.5 Å². The lowest BCUT2D eigenvalue weighted by Gasteiger charge is -2.12. The Balaban J connectivity index is 1.83. The molecule has 0 atom stereocenters. The molecule has 3 rings (SSSR count). The molecule has 0 bridgehead atoms. The van der Waals surface area contributed by atoms with Crippen LogP contribution in [0.3, 0.4) is 0 Å². The lowest BCUT2D eigenvalue weighted by Crippen LogP contribution is -2.12. The fourth-order valence-corrected chi connectivity index (χ4v) is 2.50. The molecule has 0 radical (unpaired) electrons. The number of amides is 1. The van der Waals surface area contributed by atoms with Crippen LogP contribution >= 0.6 is 0 Å². The van der Waals surface area contributed by atoms with Gasteiger partial charge in [-0.1, -0.05) is 0 Å². The van der Waals surface area contributed by atoms with Gasteiger partial charge in [-0.25, -0.2) is 0 Å². The van der Waals surface area contributed by atoms with Gasteiger partial charge in [0.1, 0.15) is 11.4 Å². The van der Waals surface area contributed by atoms with Gasteiger partial charge in [-0.15, -0.1) is 0 Å². The number of H-pyrrole nitrogens is 1. The Morgan fingerprint density at radius 3 is 2.54 bits per heavy atom. The van der Waals surface area contributed by atoms with Gasteiger partial charge in [0.25, 0.3) is 5.91 Å². The van der Waals surface area contributed by atoms with E-state index in [0.717, 1.165) is 10.9 Å². The molecule has 0 aliphatic rings. The van der Waals surface area contributed by atoms with Gasteiger partial charge >= 0.3 is 6.61 Å². The second-order valence-electron chi connectivity index (χ2n) is 5.33. The van der Waals surface area contributed by atoms with Crippen molar-refractivity contribution in [3.05, 3.63) is 48.2 Å². The first-order chi connectivity index (χ1) is 12.5. The molecule has 8 heteroatoms. The number of carbonyl (C=O) groups is 1. The largest absolute Gasteiger partial charge is 0.497 e. The molecular formula is C18H16F2N2O4. The molecule has 3 aromatic rings. The molecule has 0 aliphatic carbocycles. The predicted octanol–water partition coefficient (Wildman–Crippen LogP) is 4.04. The lowest BCUT2D eigenvalue weighted by atomic mass is 10.2. The number of hydrogen-bond donors (Lipinski definition) is 2. The monoisotopic (exact) mass is 362 g/mol. The number of ether oxygens (including phenoxy) is 3. The summed E-state index contributed by atoms with van der Waals surface area (Å²) in [5.74, 6) is 0.214. The average molecular weight is 362 g/mol. The molecule has 2 aromatic carbocycles. The first-order valence-corrected chi connectivity index (χ1v) is 7.61. The fraction of sp³-hybridized carbons (Fsp3) is 0.167. The predicted molar refractivity (Wildman–Crippen MR) is 92.4 cm³/mol. The maximum atomic E-state index is 12.5. The number of carbonyl (C=O) groups excluding carboxylic acids is 1. The molecule has 2 N–H and O–H groups in total. The van der Waals surface area contributed by atoms with Crippen LogP contribution in [0, 0.1) is 0 Å². The number of rotatable bonds is 6. The van der Waals surface area contributed by atoms with E-state index < -0.39 is 12.5 Å². The zero-order valence-corrected chi connectivity index (χ0v) is 14.0. The SMILES string of the molecule is COc1ccc2cc(C(=O)Nc3ccc(OC)c(OC(F)F)c3)[nH]c2c1. The summed E-state index contributed by atoms with van der Waals surface area (Å²) >= 11 is 0. The third-order valence-electron chi connectivity index (χ3n) is 3.71. The average Bonchev–Trinajstić information content (AvgIpc) is 3.04. The molecule has 1 amide bonds. The number of halogens is 2. The van der Waals surface area contributed by atoms with E-state index in [2.05, 4.69) is 15.0 Å². The van der Waals surface area contributed by atoms with Crippen molar-refractivity contribution >= 4 is 22.5 Å². The van der Waals surface area contributed by atoms with Crippen LogP contribution in [0.1, 0.15) is 10.5 Å². The maximum Gasteiger partial charge on any atom is 0.387 e. The number of hydrogen-bond acceptors (Lipinski definition) is 4. The number of methoxy groups -OCH3 is 2. The van der Waals surface area contributed by atoms with Crippen molar-refractivity contribution < 1.29 is 27.8 Å². The van der Waals surface area contributed by atoms with Crippen LogP contribution in [0.4, 0.5) is 14.5 Å². The smallest absolute Gasteiger partial charge is 0.387 e. The Kier molecular flexibility index (Phi) is 4.92. The highest BCUT2D eigenvalue weighted by Crippen LogP contribution is 2.31. The normalized spacial score (nSPS) is 10.8. The van der Waals surface area contributed by atoms with Crippen LogP contribution in [0.15, 0.2) is 42.5 Å². The Morgan fingerprint density at radius 2 is 1.85 bits per heavy atom. The highest BCUT2D eigenvalue weighted by atomic mass is 19.3. The van der Waals surface area contributed by atoms with Crippen molar-refractivity contribution in [3.8, 4) is 17.2 Å². The first kappa shape index (κ1) is 17.5. The van der Waals surface area contributed by atoms with Gasteiger partial charge in [0.05, 0.1) is 14.2 Å². The molecule has 26 heavy (non-hydrogen) atoms. The number of aromatic nitrogens is 1. The van der Waals surface area contributed by atoms with Crippen molar-refractivity contribution in [2.24, 2.45) is 0 Å². The van der Waals surface area contributed by atoms with E-state index in [1.54, 1.807) is 25.3 Å². The molecule has 0 aliphatic heterocycles. The van der Waals surface area contributed by atoms with Crippen molar-refractivity contribution in [2.45, 2.75) is 6.61 Å². The fourth-order valence-electron chi connectivity index (χ4n) is 2.50. The molecule has 1 aromatic heterocycles. The van der Waals surface area contributed by atoms with Crippen molar-refractivity contribution in [3.63, 3.8) is 0 Å². The van der Waals surface area contributed by atoms with E-state index in [1.807, 2.05) is 6.07 Å². The summed E-state index contributed by atoms with van der Waals surface area (Å²) in [7, 11) is 2.89. The zero-order chi connectivity index (χ0) is 18.7. The molecule has 1 heterocycles. The molecule has 0 unspecified atom stereocenters. The highest BCUT2D eigenvalue weighted by Gasteiger charge is 2.14. The Morgan fingerprint density at radius 1 is 1.04 bits per heavy atom. The van der Waals surface area contributed by atoms with Crippen molar-refractivity contribution in [2.75, 3.05) is 19.5 Å². The van der Waals surface area contributed by atoms with Gasteiger partial charge in [0.2, 0.25) is 0 Å². The van der Waals surface area contributed by atoms with E-state index in [0.29, 0.717) is 17.1 Å². The molecule has 0 fully saturated rings. The quantitative estimate of drug-likeness (QED) is 0.694. The minimum Gasteiger partial charge on any atom is -0.497 e. The van der Waals surface area contributed by atoms with Gasteiger partial charge in [-0.05, 0) is 30.3 Å². The number of benzene rings is 2. The summed E-state index contributed by atoms with van der Waals surface area (Å²) in [6.45, 7) is -3.00. The summed E-state index contributed by atoms with van der Waals surface area (Å²) in [6.07, 6.45) is 0. The third-order valence-corrected chi connectivity index (χ3v) is 3.71. The van der Waals surface area contributed by atoms with Crippen LogP contribution in [-0.4, -0.2) is 31.7 Å². The van der Waals surface area contributed by atoms with Crippen LogP contribution in [0.5, 0.6) is 17.2 Å². The molecule has 136 valence electrons. The van der Waals surface area contributed by atoms with Gasteiger partial charge in [0, 0.05) is 28.7 Å². The summed E-state index contributed by atoms with van der Waals surface area (Å²) in [5, 5.41) is 3.47. The number of aromatic amines is 1. The molecule has 0 saturated heterocycles. The summed E-state index contributed by atoms with van der Waals surface area (Å²) in [4.78, 5) is 15.4. The lowest BCUT2D eigenvalue weighted by molar-refractivity contribution is -0.0511. The van der Waals surface area contributed by atoms with E-state index in [9.17, 15) is 13.6 Å². The van der Waals surface area contributed by atoms with Crippen LogP contribution in [0.2, 0.25) is 0 Å². The van der Waals surface area contributed by atoms with E-state index >= 15 is 0 Å². The molecule has 6 nitrogen and oxygen atoms in total. The van der Waals surface area contributed by atoms with Crippen molar-refractivity contribution in [1.29, 1.82) is 0 Å². The molecule has 0 spiro atoms. The van der Waals surface area contributed by atoms with E-state index in [4.69, 9.17) is 9.47 Å². The van der Waals surface area contributed by atoms with Crippen LogP contribution in [-0.2, 0) is 0 Å². The summed E-state index contributed by atoms with van der Waals surface area (Å²) in [5.41, 5.74) is 1.36. The van der Waals surface area contributed by atoms with Crippen LogP contribution in [0.25, 0.3) is 10.9 Å². The minimum absolute atomic E-state index is 0.140. The molecular weight excluding hydrogens is 346 g/mol. The Hall–Kier alpha value is -3.29. The zero-order valence-electron chi connectivity index (χ0n) is 14.0. The van der Waals surface area contributed by atoms with E-state index in [1.165, 1.54) is 25.3 Å². The number of alkyl halides is 2. The third kappa shape index (κ3) is 3.69. The summed E-state index contributed by atoms with van der Waals surface area (Å²) < 4.78 is 39.5. The Bertz CT molecular complexity index is 940. The maximum absolute atomic E-state index is 12.5. The Labute approximate surface area is 147 Å². The van der Waals surface area contributed by atoms with E-state index in [-0.39, 0.29) is 11.5 Å². The second kappa shape index (κ2) is 7.30. The van der Waals surface area contributed by atoms with Crippen molar-refractivity contribution in [1.82, 2.24) is 4.98 Å². The van der Waals surface area contributed by atoms with Gasteiger partial charge in [-0.3, -0.25) is 4.79 Å². The summed E-state index contributed by atoms with van der Waals surface area (Å²) in [6, 6.07) is 11.3. The number of nitrogens with one attached hydrogen (secondary N) is 2. The van der Waals surface area contributed by atoms with Gasteiger partial charge in [-0.2, -0.15) is 8.78 Å². The second-order valence-corrected chi connectivity index (χ2v) is 5.33. The standard InChI is InChI=1S/C18H16F2N2O4/c1-24-12-5-3-10-7-14(22-13(10)9-12)17(23)21-11-4-6-15(25-2)16(8-11)26-18(19)20/h3-9,18,22H,1-2H3,(H,21,23). The number of anilines is 1. The van der Waals surface area contributed by atoms with Gasteiger partial charge in [0.15, 0.2) is 11.5 Å². The highest BCUT2D eigenvalue weighted by molar-refractivity contribution is 6.06. The van der Waals surface area contributed by atoms with Crippen LogP contribution < -0.4 is 19.5 Å². The first-order valence-electron chi connectivity index (χ1n) is 7.61. The topological polar surface area (TPSA) is 72.6 Å². The number of fused-ring (bicyclic) bond motifs is 1. The molecule has 0 saturated carbocycles. The minimum atomic E-state index is -3.00.